The standard InChI is InChI=1S/C11H22N2/c1-10(2)12-8-4-11(5-9-12)13-6-3-7-13/h10-11H,3-9H2,1-2H3. The highest BCUT2D eigenvalue weighted by Crippen LogP contribution is 2.22. The molecule has 0 amide bonds. The van der Waals surface area contributed by atoms with Crippen LogP contribution in [0.1, 0.15) is 33.1 Å². The third-order valence-corrected chi connectivity index (χ3v) is 3.64. The van der Waals surface area contributed by atoms with Gasteiger partial charge in [-0.1, -0.05) is 0 Å². The zero-order valence-electron chi connectivity index (χ0n) is 9.00. The molecule has 2 aliphatic rings. The maximum Gasteiger partial charge on any atom is 0.0120 e. The number of hydrogen-bond donors (Lipinski definition) is 0. The fourth-order valence-electron chi connectivity index (χ4n) is 2.47. The lowest BCUT2D eigenvalue weighted by atomic mass is 9.99. The summed E-state index contributed by atoms with van der Waals surface area (Å²) in [5.41, 5.74) is 0. The molecule has 2 heterocycles. The van der Waals surface area contributed by atoms with Crippen LogP contribution in [0.4, 0.5) is 0 Å². The summed E-state index contributed by atoms with van der Waals surface area (Å²) in [4.78, 5) is 5.27. The van der Waals surface area contributed by atoms with Crippen LogP contribution in [-0.2, 0) is 0 Å². The molecule has 0 aliphatic carbocycles. The first-order valence-electron chi connectivity index (χ1n) is 5.75. The van der Waals surface area contributed by atoms with Crippen LogP contribution in [0.2, 0.25) is 0 Å². The predicted octanol–water partition coefficient (Wildman–Crippen LogP) is 1.56. The fourth-order valence-corrected chi connectivity index (χ4v) is 2.47. The summed E-state index contributed by atoms with van der Waals surface area (Å²) >= 11 is 0. The molecule has 0 aromatic heterocycles. The monoisotopic (exact) mass is 182 g/mol. The van der Waals surface area contributed by atoms with Gasteiger partial charge in [-0.15, -0.1) is 0 Å². The average molecular weight is 182 g/mol. The van der Waals surface area contributed by atoms with Crippen molar-refractivity contribution in [2.75, 3.05) is 26.2 Å². The summed E-state index contributed by atoms with van der Waals surface area (Å²) in [5, 5.41) is 0. The summed E-state index contributed by atoms with van der Waals surface area (Å²) in [6.07, 6.45) is 4.24. The van der Waals surface area contributed by atoms with E-state index in [1.807, 2.05) is 0 Å². The minimum absolute atomic E-state index is 0.748. The van der Waals surface area contributed by atoms with Crippen LogP contribution in [0.15, 0.2) is 0 Å². The van der Waals surface area contributed by atoms with Crippen LogP contribution in [0.25, 0.3) is 0 Å². The molecule has 2 saturated heterocycles. The maximum atomic E-state index is 2.66. The van der Waals surface area contributed by atoms with E-state index in [1.165, 1.54) is 45.4 Å². The second kappa shape index (κ2) is 3.97. The number of likely N-dealkylation sites (tertiary alicyclic amines) is 2. The van der Waals surface area contributed by atoms with Gasteiger partial charge in [-0.3, -0.25) is 0 Å². The third kappa shape index (κ3) is 2.05. The number of hydrogen-bond acceptors (Lipinski definition) is 2. The number of nitrogens with zero attached hydrogens (tertiary/aromatic N) is 2. The van der Waals surface area contributed by atoms with Gasteiger partial charge in [0.25, 0.3) is 0 Å². The van der Waals surface area contributed by atoms with Crippen molar-refractivity contribution in [2.24, 2.45) is 0 Å². The Labute approximate surface area is 81.9 Å². The molecule has 0 unspecified atom stereocenters. The van der Waals surface area contributed by atoms with Gasteiger partial charge in [-0.2, -0.15) is 0 Å². The van der Waals surface area contributed by atoms with Gasteiger partial charge in [0.2, 0.25) is 0 Å². The topological polar surface area (TPSA) is 6.48 Å². The summed E-state index contributed by atoms with van der Waals surface area (Å²) < 4.78 is 0. The normalized spacial score (nSPS) is 27.9. The first-order chi connectivity index (χ1) is 6.27. The second-order valence-corrected chi connectivity index (χ2v) is 4.75. The zero-order chi connectivity index (χ0) is 9.26. The minimum atomic E-state index is 0.748. The van der Waals surface area contributed by atoms with E-state index < -0.39 is 0 Å². The molecule has 0 bridgehead atoms. The van der Waals surface area contributed by atoms with Gasteiger partial charge in [0.05, 0.1) is 0 Å². The Morgan fingerprint density at radius 2 is 1.62 bits per heavy atom. The summed E-state index contributed by atoms with van der Waals surface area (Å²) in [7, 11) is 0. The lowest BCUT2D eigenvalue weighted by Gasteiger charge is -2.43. The van der Waals surface area contributed by atoms with E-state index >= 15 is 0 Å². The van der Waals surface area contributed by atoms with Gasteiger partial charge < -0.3 is 9.80 Å². The molecule has 0 atom stereocenters. The van der Waals surface area contributed by atoms with Crippen molar-refractivity contribution < 1.29 is 0 Å². The highest BCUT2D eigenvalue weighted by molar-refractivity contribution is 4.84. The molecular formula is C11H22N2. The molecule has 0 saturated carbocycles. The maximum absolute atomic E-state index is 2.66. The van der Waals surface area contributed by atoms with E-state index in [4.69, 9.17) is 0 Å². The van der Waals surface area contributed by atoms with E-state index in [0.717, 1.165) is 12.1 Å². The largest absolute Gasteiger partial charge is 0.301 e. The molecule has 2 rings (SSSR count). The molecule has 0 aromatic carbocycles. The van der Waals surface area contributed by atoms with Gasteiger partial charge in [-0.05, 0) is 59.3 Å². The van der Waals surface area contributed by atoms with Gasteiger partial charge >= 0.3 is 0 Å². The molecule has 0 spiro atoms. The zero-order valence-corrected chi connectivity index (χ0v) is 9.00. The molecule has 13 heavy (non-hydrogen) atoms. The van der Waals surface area contributed by atoms with Crippen molar-refractivity contribution in [1.82, 2.24) is 9.80 Å². The van der Waals surface area contributed by atoms with Gasteiger partial charge in [-0.25, -0.2) is 0 Å². The molecular weight excluding hydrogens is 160 g/mol. The predicted molar refractivity (Wildman–Crippen MR) is 55.9 cm³/mol. The smallest absolute Gasteiger partial charge is 0.0120 e. The van der Waals surface area contributed by atoms with Crippen molar-refractivity contribution in [3.05, 3.63) is 0 Å². The van der Waals surface area contributed by atoms with Crippen molar-refractivity contribution >= 4 is 0 Å². The SMILES string of the molecule is CC(C)N1CCC(N2CCC2)CC1. The highest BCUT2D eigenvalue weighted by atomic mass is 15.2. The third-order valence-electron chi connectivity index (χ3n) is 3.64. The van der Waals surface area contributed by atoms with E-state index in [-0.39, 0.29) is 0 Å². The molecule has 0 aromatic rings. The fraction of sp³-hybridized carbons (Fsp3) is 1.00. The molecule has 2 fully saturated rings. The Balaban J connectivity index is 1.75. The van der Waals surface area contributed by atoms with E-state index in [9.17, 15) is 0 Å². The van der Waals surface area contributed by atoms with Crippen LogP contribution in [0.3, 0.4) is 0 Å². The lowest BCUT2D eigenvalue weighted by Crippen LogP contribution is -2.51. The van der Waals surface area contributed by atoms with Crippen LogP contribution >= 0.6 is 0 Å². The molecule has 2 aliphatic heterocycles. The van der Waals surface area contributed by atoms with E-state index in [1.54, 1.807) is 0 Å². The van der Waals surface area contributed by atoms with Crippen LogP contribution in [0, 0.1) is 0 Å². The van der Waals surface area contributed by atoms with Gasteiger partial charge in [0, 0.05) is 12.1 Å². The number of rotatable bonds is 2. The van der Waals surface area contributed by atoms with Crippen LogP contribution in [0.5, 0.6) is 0 Å². The Hall–Kier alpha value is -0.0800. The van der Waals surface area contributed by atoms with Gasteiger partial charge in [0.1, 0.15) is 0 Å². The molecule has 2 heteroatoms. The Kier molecular flexibility index (Phi) is 2.89. The lowest BCUT2D eigenvalue weighted by molar-refractivity contribution is 0.0541. The first-order valence-corrected chi connectivity index (χ1v) is 5.75. The van der Waals surface area contributed by atoms with E-state index in [2.05, 4.69) is 23.6 Å². The first kappa shape index (κ1) is 9.47. The van der Waals surface area contributed by atoms with Gasteiger partial charge in [0.15, 0.2) is 0 Å². The highest BCUT2D eigenvalue weighted by Gasteiger charge is 2.28. The minimum Gasteiger partial charge on any atom is -0.301 e. The summed E-state index contributed by atoms with van der Waals surface area (Å²) in [6, 6.07) is 1.67. The van der Waals surface area contributed by atoms with Crippen molar-refractivity contribution in [1.29, 1.82) is 0 Å². The average Bonchev–Trinajstić information content (AvgIpc) is 2.02. The van der Waals surface area contributed by atoms with Crippen LogP contribution < -0.4 is 0 Å². The van der Waals surface area contributed by atoms with Crippen LogP contribution in [-0.4, -0.2) is 48.1 Å². The van der Waals surface area contributed by atoms with Crippen molar-refractivity contribution in [3.63, 3.8) is 0 Å². The Morgan fingerprint density at radius 1 is 1.00 bits per heavy atom. The Morgan fingerprint density at radius 3 is 2.00 bits per heavy atom. The molecule has 76 valence electrons. The summed E-state index contributed by atoms with van der Waals surface area (Å²) in [5.74, 6) is 0. The van der Waals surface area contributed by atoms with Crippen molar-refractivity contribution in [3.8, 4) is 0 Å². The molecule has 2 nitrogen and oxygen atoms in total. The van der Waals surface area contributed by atoms with E-state index in [0.29, 0.717) is 0 Å². The van der Waals surface area contributed by atoms with Crippen molar-refractivity contribution in [2.45, 2.75) is 45.2 Å². The second-order valence-electron chi connectivity index (χ2n) is 4.75. The number of piperidine rings is 1. The Bertz CT molecular complexity index is 155. The molecule has 0 N–H and O–H groups in total. The summed E-state index contributed by atoms with van der Waals surface area (Å²) in [6.45, 7) is 9.99. The molecule has 0 radical (unpaired) electrons. The quantitative estimate of drug-likeness (QED) is 0.639.